The summed E-state index contributed by atoms with van der Waals surface area (Å²) in [5.74, 6) is 0.250. The first-order chi connectivity index (χ1) is 10.2. The Labute approximate surface area is 123 Å². The number of para-hydroxylation sites is 1. The third-order valence-electron chi connectivity index (χ3n) is 3.28. The Bertz CT molecular complexity index is 756. The lowest BCUT2D eigenvalue weighted by Crippen LogP contribution is -1.93. The number of benzene rings is 2. The Kier molecular flexibility index (Phi) is 3.56. The Morgan fingerprint density at radius 3 is 2.43 bits per heavy atom. The van der Waals surface area contributed by atoms with Gasteiger partial charge in [-0.3, -0.25) is 4.99 Å². The monoisotopic (exact) mass is 276 g/mol. The number of phenols is 1. The van der Waals surface area contributed by atoms with Crippen molar-refractivity contribution in [3.63, 3.8) is 0 Å². The molecule has 0 atom stereocenters. The van der Waals surface area contributed by atoms with Crippen LogP contribution in [0.2, 0.25) is 0 Å². The van der Waals surface area contributed by atoms with Crippen molar-refractivity contribution in [3.05, 3.63) is 78.1 Å². The van der Waals surface area contributed by atoms with E-state index in [0.717, 1.165) is 22.6 Å². The standard InChI is InChI=1S/C18H16N2O/c1-14-11-15(12-19-16-7-9-18(21)10-8-16)13-20(14)17-5-3-2-4-6-17/h2-13,21H,1H3. The number of hydrogen-bond acceptors (Lipinski definition) is 2. The van der Waals surface area contributed by atoms with E-state index in [9.17, 15) is 5.11 Å². The highest BCUT2D eigenvalue weighted by Crippen LogP contribution is 2.18. The highest BCUT2D eigenvalue weighted by molar-refractivity contribution is 5.82. The van der Waals surface area contributed by atoms with E-state index in [1.165, 1.54) is 0 Å². The van der Waals surface area contributed by atoms with E-state index in [0.29, 0.717) is 0 Å². The first-order valence-corrected chi connectivity index (χ1v) is 6.80. The number of aryl methyl sites for hydroxylation is 1. The van der Waals surface area contributed by atoms with Crippen molar-refractivity contribution in [2.45, 2.75) is 6.92 Å². The van der Waals surface area contributed by atoms with E-state index in [-0.39, 0.29) is 5.75 Å². The van der Waals surface area contributed by atoms with Crippen molar-refractivity contribution in [1.82, 2.24) is 4.57 Å². The van der Waals surface area contributed by atoms with Crippen molar-refractivity contribution in [2.75, 3.05) is 0 Å². The number of aromatic nitrogens is 1. The Morgan fingerprint density at radius 2 is 1.71 bits per heavy atom. The van der Waals surface area contributed by atoms with Crippen LogP contribution in [0.5, 0.6) is 5.75 Å². The summed E-state index contributed by atoms with van der Waals surface area (Å²) in [7, 11) is 0. The fourth-order valence-corrected chi connectivity index (χ4v) is 2.22. The van der Waals surface area contributed by atoms with E-state index in [1.807, 2.05) is 24.4 Å². The summed E-state index contributed by atoms with van der Waals surface area (Å²) < 4.78 is 2.14. The molecule has 0 aliphatic carbocycles. The molecule has 0 unspecified atom stereocenters. The average Bonchev–Trinajstić information content (AvgIpc) is 2.89. The van der Waals surface area contributed by atoms with Gasteiger partial charge in [0.05, 0.1) is 5.69 Å². The maximum absolute atomic E-state index is 9.25. The lowest BCUT2D eigenvalue weighted by Gasteiger charge is -2.04. The number of nitrogens with zero attached hydrogens (tertiary/aromatic N) is 2. The molecule has 0 saturated carbocycles. The molecule has 3 aromatic rings. The van der Waals surface area contributed by atoms with Crippen LogP contribution < -0.4 is 0 Å². The van der Waals surface area contributed by atoms with E-state index in [2.05, 4.69) is 40.9 Å². The Balaban J connectivity index is 1.86. The molecule has 3 nitrogen and oxygen atoms in total. The summed E-state index contributed by atoms with van der Waals surface area (Å²) in [6.07, 6.45) is 3.90. The molecule has 0 spiro atoms. The molecule has 0 radical (unpaired) electrons. The quantitative estimate of drug-likeness (QED) is 0.714. The van der Waals surface area contributed by atoms with Crippen LogP contribution in [0.15, 0.2) is 71.9 Å². The molecule has 0 saturated heterocycles. The summed E-state index contributed by atoms with van der Waals surface area (Å²) in [5, 5.41) is 9.25. The predicted octanol–water partition coefficient (Wildman–Crippen LogP) is 4.24. The van der Waals surface area contributed by atoms with Gasteiger partial charge in [0.25, 0.3) is 0 Å². The second-order valence-corrected chi connectivity index (χ2v) is 4.89. The van der Waals surface area contributed by atoms with E-state index < -0.39 is 0 Å². The number of aliphatic imine (C=N–C) groups is 1. The molecular weight excluding hydrogens is 260 g/mol. The topological polar surface area (TPSA) is 37.5 Å². The molecule has 0 bridgehead atoms. The summed E-state index contributed by atoms with van der Waals surface area (Å²) >= 11 is 0. The van der Waals surface area contributed by atoms with Gasteiger partial charge in [0.15, 0.2) is 0 Å². The number of aromatic hydroxyl groups is 1. The van der Waals surface area contributed by atoms with Crippen molar-refractivity contribution in [2.24, 2.45) is 4.99 Å². The molecule has 1 aromatic heterocycles. The lowest BCUT2D eigenvalue weighted by atomic mass is 10.3. The molecule has 1 heterocycles. The molecule has 21 heavy (non-hydrogen) atoms. The van der Waals surface area contributed by atoms with E-state index >= 15 is 0 Å². The molecule has 3 heteroatoms. The largest absolute Gasteiger partial charge is 0.508 e. The normalized spacial score (nSPS) is 11.1. The molecule has 2 aromatic carbocycles. The zero-order valence-electron chi connectivity index (χ0n) is 11.8. The minimum atomic E-state index is 0.250. The molecular formula is C18H16N2O. The van der Waals surface area contributed by atoms with Gasteiger partial charge in [0.1, 0.15) is 5.75 Å². The molecule has 0 aliphatic rings. The van der Waals surface area contributed by atoms with Crippen molar-refractivity contribution in [3.8, 4) is 11.4 Å². The molecule has 0 aliphatic heterocycles. The van der Waals surface area contributed by atoms with Gasteiger partial charge in [0.2, 0.25) is 0 Å². The highest BCUT2D eigenvalue weighted by atomic mass is 16.3. The molecule has 0 fully saturated rings. The van der Waals surface area contributed by atoms with Crippen molar-refractivity contribution in [1.29, 1.82) is 0 Å². The Hall–Kier alpha value is -2.81. The third-order valence-corrected chi connectivity index (χ3v) is 3.28. The summed E-state index contributed by atoms with van der Waals surface area (Å²) in [6.45, 7) is 2.07. The smallest absolute Gasteiger partial charge is 0.115 e. The van der Waals surface area contributed by atoms with Gasteiger partial charge >= 0.3 is 0 Å². The Morgan fingerprint density at radius 1 is 1.00 bits per heavy atom. The van der Waals surface area contributed by atoms with Crippen LogP contribution in [0.3, 0.4) is 0 Å². The number of phenolic OH excluding ortho intramolecular Hbond substituents is 1. The van der Waals surface area contributed by atoms with Crippen LogP contribution in [0.1, 0.15) is 11.3 Å². The fourth-order valence-electron chi connectivity index (χ4n) is 2.22. The average molecular weight is 276 g/mol. The van der Waals surface area contributed by atoms with Crippen molar-refractivity contribution >= 4 is 11.9 Å². The van der Waals surface area contributed by atoms with E-state index in [1.54, 1.807) is 24.3 Å². The third kappa shape index (κ3) is 3.03. The molecule has 1 N–H and O–H groups in total. The molecule has 104 valence electrons. The molecule has 3 rings (SSSR count). The van der Waals surface area contributed by atoms with Gasteiger partial charge in [-0.25, -0.2) is 0 Å². The van der Waals surface area contributed by atoms with Gasteiger partial charge in [0, 0.05) is 29.4 Å². The van der Waals surface area contributed by atoms with Gasteiger partial charge in [-0.15, -0.1) is 0 Å². The summed E-state index contributed by atoms with van der Waals surface area (Å²) in [6, 6.07) is 19.1. The highest BCUT2D eigenvalue weighted by Gasteiger charge is 2.02. The van der Waals surface area contributed by atoms with Crippen LogP contribution >= 0.6 is 0 Å². The SMILES string of the molecule is Cc1cc(C=Nc2ccc(O)cc2)cn1-c1ccccc1. The predicted molar refractivity (Wildman–Crippen MR) is 85.9 cm³/mol. The van der Waals surface area contributed by atoms with E-state index in [4.69, 9.17) is 0 Å². The first kappa shape index (κ1) is 13.2. The maximum atomic E-state index is 9.25. The second kappa shape index (κ2) is 5.67. The van der Waals surface area contributed by atoms with Crippen LogP contribution in [-0.4, -0.2) is 15.9 Å². The van der Waals surface area contributed by atoms with Crippen LogP contribution in [0.4, 0.5) is 5.69 Å². The van der Waals surface area contributed by atoms with Gasteiger partial charge < -0.3 is 9.67 Å². The van der Waals surface area contributed by atoms with Gasteiger partial charge in [-0.1, -0.05) is 18.2 Å². The summed E-state index contributed by atoms with van der Waals surface area (Å²) in [5.41, 5.74) is 4.16. The maximum Gasteiger partial charge on any atom is 0.115 e. The van der Waals surface area contributed by atoms with Crippen LogP contribution in [0.25, 0.3) is 5.69 Å². The second-order valence-electron chi connectivity index (χ2n) is 4.89. The zero-order chi connectivity index (χ0) is 14.7. The van der Waals surface area contributed by atoms with Crippen LogP contribution in [0, 0.1) is 6.92 Å². The van der Waals surface area contributed by atoms with Gasteiger partial charge in [-0.05, 0) is 49.4 Å². The number of rotatable bonds is 3. The molecule has 0 amide bonds. The fraction of sp³-hybridized carbons (Fsp3) is 0.0556. The van der Waals surface area contributed by atoms with Gasteiger partial charge in [-0.2, -0.15) is 0 Å². The zero-order valence-corrected chi connectivity index (χ0v) is 11.8. The lowest BCUT2D eigenvalue weighted by molar-refractivity contribution is 0.475. The van der Waals surface area contributed by atoms with Crippen molar-refractivity contribution < 1.29 is 5.11 Å². The summed E-state index contributed by atoms with van der Waals surface area (Å²) in [4.78, 5) is 4.42. The number of hydrogen-bond donors (Lipinski definition) is 1. The van der Waals surface area contributed by atoms with Crippen LogP contribution in [-0.2, 0) is 0 Å². The first-order valence-electron chi connectivity index (χ1n) is 6.80. The minimum absolute atomic E-state index is 0.250. The minimum Gasteiger partial charge on any atom is -0.508 e.